The molecule has 2 aromatic rings. The second-order valence-electron chi connectivity index (χ2n) is 3.98. The lowest BCUT2D eigenvalue weighted by Gasteiger charge is -2.12. The summed E-state index contributed by atoms with van der Waals surface area (Å²) in [6.07, 6.45) is 0. The number of phenols is 1. The zero-order valence-electron chi connectivity index (χ0n) is 10.5. The first-order chi connectivity index (χ1) is 8.58. The molecule has 0 atom stereocenters. The van der Waals surface area contributed by atoms with Crippen LogP contribution in [-0.2, 0) is 6.54 Å². The van der Waals surface area contributed by atoms with Gasteiger partial charge in [-0.25, -0.2) is 0 Å². The summed E-state index contributed by atoms with van der Waals surface area (Å²) in [5.41, 5.74) is 7.60. The van der Waals surface area contributed by atoms with Gasteiger partial charge in [0.15, 0.2) is 11.5 Å². The molecule has 3 N–H and O–H groups in total. The van der Waals surface area contributed by atoms with E-state index < -0.39 is 0 Å². The summed E-state index contributed by atoms with van der Waals surface area (Å²) < 4.78 is 10.1. The molecule has 0 bridgehead atoms. The van der Waals surface area contributed by atoms with Gasteiger partial charge in [0.25, 0.3) is 0 Å². The Labute approximate surface area is 104 Å². The van der Waals surface area contributed by atoms with Gasteiger partial charge >= 0.3 is 0 Å². The standard InChI is InChI=1S/C12H15N3O3/c1-6-4-7(2)11(17-3)10(16)9(6)12-14-8(5-13)18-15-12/h4,16H,5,13H2,1-3H3. The zero-order valence-corrected chi connectivity index (χ0v) is 10.5. The molecule has 0 saturated heterocycles. The van der Waals surface area contributed by atoms with E-state index in [1.165, 1.54) is 7.11 Å². The van der Waals surface area contributed by atoms with Crippen molar-refractivity contribution in [3.8, 4) is 22.9 Å². The average Bonchev–Trinajstić information content (AvgIpc) is 2.77. The van der Waals surface area contributed by atoms with Gasteiger partial charge in [0.1, 0.15) is 0 Å². The van der Waals surface area contributed by atoms with Crippen LogP contribution in [0.5, 0.6) is 11.5 Å². The van der Waals surface area contributed by atoms with Crippen LogP contribution in [0.25, 0.3) is 11.4 Å². The number of hydrogen-bond donors (Lipinski definition) is 2. The summed E-state index contributed by atoms with van der Waals surface area (Å²) in [6.45, 7) is 3.88. The minimum Gasteiger partial charge on any atom is -0.504 e. The van der Waals surface area contributed by atoms with E-state index in [-0.39, 0.29) is 12.3 Å². The van der Waals surface area contributed by atoms with E-state index in [0.717, 1.165) is 11.1 Å². The zero-order chi connectivity index (χ0) is 13.3. The van der Waals surface area contributed by atoms with Crippen LogP contribution in [0.1, 0.15) is 17.0 Å². The van der Waals surface area contributed by atoms with Crippen molar-refractivity contribution in [2.45, 2.75) is 20.4 Å². The van der Waals surface area contributed by atoms with Gasteiger partial charge < -0.3 is 20.1 Å². The molecule has 1 aromatic heterocycles. The molecule has 0 spiro atoms. The van der Waals surface area contributed by atoms with Gasteiger partial charge in [-0.1, -0.05) is 11.2 Å². The molecular weight excluding hydrogens is 234 g/mol. The van der Waals surface area contributed by atoms with Gasteiger partial charge in [-0.15, -0.1) is 0 Å². The molecule has 0 saturated carbocycles. The van der Waals surface area contributed by atoms with Gasteiger partial charge in [0.2, 0.25) is 11.7 Å². The highest BCUT2D eigenvalue weighted by molar-refractivity contribution is 5.73. The fourth-order valence-electron chi connectivity index (χ4n) is 1.93. The fraction of sp³-hybridized carbons (Fsp3) is 0.333. The van der Waals surface area contributed by atoms with Crippen LogP contribution < -0.4 is 10.5 Å². The Balaban J connectivity index is 2.63. The molecule has 0 aliphatic carbocycles. The summed E-state index contributed by atoms with van der Waals surface area (Å²) in [5, 5.41) is 14.0. The molecule has 0 unspecified atom stereocenters. The van der Waals surface area contributed by atoms with Crippen molar-refractivity contribution < 1.29 is 14.4 Å². The fourth-order valence-corrected chi connectivity index (χ4v) is 1.93. The second-order valence-corrected chi connectivity index (χ2v) is 3.98. The van der Waals surface area contributed by atoms with Gasteiger partial charge in [-0.3, -0.25) is 0 Å². The van der Waals surface area contributed by atoms with Crippen molar-refractivity contribution in [2.24, 2.45) is 5.73 Å². The lowest BCUT2D eigenvalue weighted by atomic mass is 10.0. The molecule has 0 aliphatic heterocycles. The predicted molar refractivity (Wildman–Crippen MR) is 65.3 cm³/mol. The first kappa shape index (κ1) is 12.4. The number of aromatic hydroxyl groups is 1. The summed E-state index contributed by atoms with van der Waals surface area (Å²) in [5.74, 6) is 1.06. The Bertz CT molecular complexity index is 578. The van der Waals surface area contributed by atoms with Gasteiger partial charge in [0.05, 0.1) is 19.2 Å². The third-order valence-electron chi connectivity index (χ3n) is 2.71. The monoisotopic (exact) mass is 249 g/mol. The maximum Gasteiger partial charge on any atom is 0.240 e. The van der Waals surface area contributed by atoms with Crippen molar-refractivity contribution in [3.05, 3.63) is 23.1 Å². The number of nitrogens with two attached hydrogens (primary N) is 1. The molecule has 0 fully saturated rings. The number of phenolic OH excluding ortho intramolecular Hbond substituents is 1. The van der Waals surface area contributed by atoms with E-state index in [1.807, 2.05) is 19.9 Å². The van der Waals surface area contributed by atoms with Gasteiger partial charge in [0, 0.05) is 0 Å². The first-order valence-electron chi connectivity index (χ1n) is 5.48. The quantitative estimate of drug-likeness (QED) is 0.856. The molecule has 1 heterocycles. The van der Waals surface area contributed by atoms with Gasteiger partial charge in [-0.2, -0.15) is 4.98 Å². The summed E-state index contributed by atoms with van der Waals surface area (Å²) >= 11 is 0. The summed E-state index contributed by atoms with van der Waals surface area (Å²) in [6, 6.07) is 1.90. The molecule has 1 aromatic carbocycles. The van der Waals surface area contributed by atoms with Crippen LogP contribution in [0.4, 0.5) is 0 Å². The Morgan fingerprint density at radius 3 is 2.67 bits per heavy atom. The lowest BCUT2D eigenvalue weighted by molar-refractivity contribution is 0.369. The number of aryl methyl sites for hydroxylation is 2. The predicted octanol–water partition coefficient (Wildman–Crippen LogP) is 1.53. The van der Waals surface area contributed by atoms with Crippen LogP contribution in [-0.4, -0.2) is 22.4 Å². The van der Waals surface area contributed by atoms with Crippen LogP contribution in [0.15, 0.2) is 10.6 Å². The highest BCUT2D eigenvalue weighted by Crippen LogP contribution is 2.40. The van der Waals surface area contributed by atoms with Crippen molar-refractivity contribution >= 4 is 0 Å². The molecule has 18 heavy (non-hydrogen) atoms. The van der Waals surface area contributed by atoms with Crippen LogP contribution in [0.2, 0.25) is 0 Å². The Kier molecular flexibility index (Phi) is 3.20. The first-order valence-corrected chi connectivity index (χ1v) is 5.48. The third kappa shape index (κ3) is 1.91. The van der Waals surface area contributed by atoms with Crippen molar-refractivity contribution in [1.82, 2.24) is 10.1 Å². The molecule has 6 heteroatoms. The highest BCUT2D eigenvalue weighted by Gasteiger charge is 2.19. The molecular formula is C12H15N3O3. The highest BCUT2D eigenvalue weighted by atomic mass is 16.5. The van der Waals surface area contributed by atoms with E-state index in [4.69, 9.17) is 15.0 Å². The molecule has 2 rings (SSSR count). The van der Waals surface area contributed by atoms with E-state index in [0.29, 0.717) is 23.0 Å². The number of rotatable bonds is 3. The minimum absolute atomic E-state index is 0.0133. The molecule has 0 amide bonds. The van der Waals surface area contributed by atoms with E-state index in [9.17, 15) is 5.11 Å². The molecule has 96 valence electrons. The Morgan fingerprint density at radius 1 is 1.39 bits per heavy atom. The maximum absolute atomic E-state index is 10.2. The molecule has 0 radical (unpaired) electrons. The number of ether oxygens (including phenoxy) is 1. The number of benzene rings is 1. The molecule has 0 aliphatic rings. The van der Waals surface area contributed by atoms with Gasteiger partial charge in [-0.05, 0) is 25.0 Å². The maximum atomic E-state index is 10.2. The Morgan fingerprint density at radius 2 is 2.11 bits per heavy atom. The average molecular weight is 249 g/mol. The largest absolute Gasteiger partial charge is 0.504 e. The lowest BCUT2D eigenvalue weighted by Crippen LogP contribution is -1.97. The Hall–Kier alpha value is -2.08. The summed E-state index contributed by atoms with van der Waals surface area (Å²) in [4.78, 5) is 4.11. The van der Waals surface area contributed by atoms with Crippen molar-refractivity contribution in [2.75, 3.05) is 7.11 Å². The van der Waals surface area contributed by atoms with Crippen LogP contribution >= 0.6 is 0 Å². The van der Waals surface area contributed by atoms with E-state index >= 15 is 0 Å². The summed E-state index contributed by atoms with van der Waals surface area (Å²) in [7, 11) is 1.50. The van der Waals surface area contributed by atoms with E-state index in [1.54, 1.807) is 0 Å². The van der Waals surface area contributed by atoms with E-state index in [2.05, 4.69) is 10.1 Å². The SMILES string of the molecule is COc1c(C)cc(C)c(-c2noc(CN)n2)c1O. The number of hydrogen-bond acceptors (Lipinski definition) is 6. The normalized spacial score (nSPS) is 10.7. The van der Waals surface area contributed by atoms with Crippen molar-refractivity contribution in [3.63, 3.8) is 0 Å². The topological polar surface area (TPSA) is 94.4 Å². The van der Waals surface area contributed by atoms with Crippen LogP contribution in [0.3, 0.4) is 0 Å². The smallest absolute Gasteiger partial charge is 0.240 e. The number of nitrogens with zero attached hydrogens (tertiary/aromatic N) is 2. The minimum atomic E-state index is 0.0133. The third-order valence-corrected chi connectivity index (χ3v) is 2.71. The number of aromatic nitrogens is 2. The second kappa shape index (κ2) is 4.66. The molecule has 6 nitrogen and oxygen atoms in total. The number of methoxy groups -OCH3 is 1. The van der Waals surface area contributed by atoms with Crippen LogP contribution in [0, 0.1) is 13.8 Å². The van der Waals surface area contributed by atoms with Crippen molar-refractivity contribution in [1.29, 1.82) is 0 Å².